The molecule has 0 fully saturated rings. The third-order valence-corrected chi connectivity index (χ3v) is 5.37. The molecule has 0 aliphatic carbocycles. The first-order valence-electron chi connectivity index (χ1n) is 9.40. The summed E-state index contributed by atoms with van der Waals surface area (Å²) in [5.41, 5.74) is 5.33. The van der Waals surface area contributed by atoms with E-state index in [1.807, 2.05) is 63.2 Å². The molecule has 2 N–H and O–H groups in total. The number of amides is 2. The summed E-state index contributed by atoms with van der Waals surface area (Å²) >= 11 is 3.40. The topological polar surface area (TPSA) is 63.1 Å². The van der Waals surface area contributed by atoms with Crippen LogP contribution < -0.4 is 10.6 Å². The van der Waals surface area contributed by atoms with E-state index in [9.17, 15) is 9.59 Å². The van der Waals surface area contributed by atoms with Crippen LogP contribution in [0.15, 0.2) is 59.1 Å². The van der Waals surface area contributed by atoms with Crippen molar-refractivity contribution in [3.05, 3.63) is 87.1 Å². The Labute approximate surface area is 179 Å². The van der Waals surface area contributed by atoms with E-state index in [-0.39, 0.29) is 18.4 Å². The lowest BCUT2D eigenvalue weighted by Crippen LogP contribution is -2.33. The van der Waals surface area contributed by atoms with Gasteiger partial charge in [-0.05, 0) is 56.2 Å². The lowest BCUT2D eigenvalue weighted by atomic mass is 10.2. The predicted molar refractivity (Wildman–Crippen MR) is 119 cm³/mol. The second kappa shape index (κ2) is 9.09. The lowest BCUT2D eigenvalue weighted by molar-refractivity contribution is -0.115. The first-order valence-corrected chi connectivity index (χ1v) is 10.2. The first-order chi connectivity index (χ1) is 13.8. The van der Waals surface area contributed by atoms with E-state index in [1.54, 1.807) is 0 Å². The van der Waals surface area contributed by atoms with E-state index >= 15 is 0 Å². The van der Waals surface area contributed by atoms with Gasteiger partial charge in [-0.25, -0.2) is 0 Å². The number of nitrogens with one attached hydrogen (secondary N) is 2. The van der Waals surface area contributed by atoms with E-state index in [4.69, 9.17) is 0 Å². The Morgan fingerprint density at radius 1 is 1.00 bits per heavy atom. The van der Waals surface area contributed by atoms with Crippen LogP contribution in [0, 0.1) is 20.8 Å². The first kappa shape index (κ1) is 20.9. The molecule has 5 nitrogen and oxygen atoms in total. The van der Waals surface area contributed by atoms with Gasteiger partial charge in [0.25, 0.3) is 5.91 Å². The summed E-state index contributed by atoms with van der Waals surface area (Å²) in [6.45, 7) is 6.44. The summed E-state index contributed by atoms with van der Waals surface area (Å²) in [5.74, 6) is -0.512. The highest BCUT2D eigenvalue weighted by Crippen LogP contribution is 2.20. The van der Waals surface area contributed by atoms with Crippen LogP contribution in [-0.2, 0) is 11.3 Å². The lowest BCUT2D eigenvalue weighted by Gasteiger charge is -2.11. The zero-order valence-electron chi connectivity index (χ0n) is 16.8. The van der Waals surface area contributed by atoms with E-state index in [0.717, 1.165) is 27.1 Å². The molecule has 0 aliphatic rings. The van der Waals surface area contributed by atoms with Gasteiger partial charge < -0.3 is 15.2 Å². The molecular weight excluding hydrogens is 430 g/mol. The number of hydrogen-bond donors (Lipinski definition) is 2. The Bertz CT molecular complexity index is 1040. The SMILES string of the molecule is Cc1cc(Br)ccc1NC(=O)CNC(=O)c1cc(C)n(Cc2ccccc2)c1C. The molecule has 0 radical (unpaired) electrons. The van der Waals surface area contributed by atoms with Crippen LogP contribution in [0.4, 0.5) is 5.69 Å². The molecule has 0 aliphatic heterocycles. The fourth-order valence-corrected chi connectivity index (χ4v) is 3.73. The van der Waals surface area contributed by atoms with Crippen LogP contribution in [0.3, 0.4) is 0 Å². The maximum atomic E-state index is 12.6. The molecule has 29 heavy (non-hydrogen) atoms. The van der Waals surface area contributed by atoms with Gasteiger partial charge >= 0.3 is 0 Å². The molecule has 1 aromatic heterocycles. The molecule has 0 saturated heterocycles. The zero-order valence-corrected chi connectivity index (χ0v) is 18.3. The van der Waals surface area contributed by atoms with Crippen molar-refractivity contribution < 1.29 is 9.59 Å². The van der Waals surface area contributed by atoms with Crippen molar-refractivity contribution in [3.8, 4) is 0 Å². The van der Waals surface area contributed by atoms with Gasteiger partial charge in [0.05, 0.1) is 12.1 Å². The highest BCUT2D eigenvalue weighted by molar-refractivity contribution is 9.10. The van der Waals surface area contributed by atoms with Gasteiger partial charge in [0.1, 0.15) is 0 Å². The Morgan fingerprint density at radius 2 is 1.72 bits per heavy atom. The molecule has 0 unspecified atom stereocenters. The summed E-state index contributed by atoms with van der Waals surface area (Å²) in [7, 11) is 0. The number of aryl methyl sites for hydroxylation is 2. The van der Waals surface area contributed by atoms with Gasteiger partial charge in [0, 0.05) is 28.1 Å². The molecule has 3 aromatic rings. The minimum Gasteiger partial charge on any atom is -0.344 e. The van der Waals surface area contributed by atoms with Gasteiger partial charge in [-0.3, -0.25) is 9.59 Å². The largest absolute Gasteiger partial charge is 0.344 e. The third kappa shape index (κ3) is 5.15. The van der Waals surface area contributed by atoms with Crippen LogP contribution in [0.1, 0.15) is 32.9 Å². The molecule has 3 rings (SSSR count). The highest BCUT2D eigenvalue weighted by atomic mass is 79.9. The second-order valence-corrected chi connectivity index (χ2v) is 7.96. The van der Waals surface area contributed by atoms with Crippen LogP contribution in [0.25, 0.3) is 0 Å². The molecule has 6 heteroatoms. The van der Waals surface area contributed by atoms with E-state index in [0.29, 0.717) is 12.1 Å². The molecular formula is C23H24BrN3O2. The van der Waals surface area contributed by atoms with Crippen molar-refractivity contribution in [2.75, 3.05) is 11.9 Å². The summed E-state index contributed by atoms with van der Waals surface area (Å²) in [6, 6.07) is 17.6. The van der Waals surface area contributed by atoms with Crippen LogP contribution in [0.5, 0.6) is 0 Å². The van der Waals surface area contributed by atoms with Crippen LogP contribution in [-0.4, -0.2) is 22.9 Å². The molecule has 0 bridgehead atoms. The summed E-state index contributed by atoms with van der Waals surface area (Å²) in [5, 5.41) is 5.55. The Kier molecular flexibility index (Phi) is 6.54. The maximum absolute atomic E-state index is 12.6. The van der Waals surface area contributed by atoms with Gasteiger partial charge in [0.2, 0.25) is 5.91 Å². The number of halogens is 1. The Morgan fingerprint density at radius 3 is 2.41 bits per heavy atom. The molecule has 0 spiro atoms. The molecule has 2 amide bonds. The van der Waals surface area contributed by atoms with Crippen molar-refractivity contribution >= 4 is 33.4 Å². The Hall–Kier alpha value is -2.86. The molecule has 150 valence electrons. The average Bonchev–Trinajstić information content (AvgIpc) is 2.97. The van der Waals surface area contributed by atoms with Crippen LogP contribution in [0.2, 0.25) is 0 Å². The standard InChI is InChI=1S/C23H24BrN3O2/c1-15-11-19(24)9-10-21(15)26-22(28)13-25-23(29)20-12-16(2)27(17(20)3)14-18-7-5-4-6-8-18/h4-12H,13-14H2,1-3H3,(H,25,29)(H,26,28). The fraction of sp³-hybridized carbons (Fsp3) is 0.217. The number of carbonyl (C=O) groups is 2. The summed E-state index contributed by atoms with van der Waals surface area (Å²) in [6.07, 6.45) is 0. The zero-order chi connectivity index (χ0) is 21.0. The molecule has 2 aromatic carbocycles. The van der Waals surface area contributed by atoms with Gasteiger partial charge in [-0.15, -0.1) is 0 Å². The summed E-state index contributed by atoms with van der Waals surface area (Å²) < 4.78 is 3.06. The quantitative estimate of drug-likeness (QED) is 0.572. The van der Waals surface area contributed by atoms with Crippen molar-refractivity contribution in [2.45, 2.75) is 27.3 Å². The van der Waals surface area contributed by atoms with E-state index < -0.39 is 0 Å². The normalized spacial score (nSPS) is 10.6. The molecule has 1 heterocycles. The number of benzene rings is 2. The molecule has 0 atom stereocenters. The fourth-order valence-electron chi connectivity index (χ4n) is 3.26. The van der Waals surface area contributed by atoms with Crippen molar-refractivity contribution in [1.82, 2.24) is 9.88 Å². The average molecular weight is 454 g/mol. The van der Waals surface area contributed by atoms with Gasteiger partial charge in [-0.2, -0.15) is 0 Å². The number of carbonyl (C=O) groups excluding carboxylic acids is 2. The molecule has 0 saturated carbocycles. The minimum atomic E-state index is -0.262. The van der Waals surface area contributed by atoms with Crippen molar-refractivity contribution in [3.63, 3.8) is 0 Å². The van der Waals surface area contributed by atoms with E-state index in [2.05, 4.69) is 43.3 Å². The maximum Gasteiger partial charge on any atom is 0.253 e. The summed E-state index contributed by atoms with van der Waals surface area (Å²) in [4.78, 5) is 24.9. The Balaban J connectivity index is 1.63. The second-order valence-electron chi connectivity index (χ2n) is 7.05. The smallest absolute Gasteiger partial charge is 0.253 e. The van der Waals surface area contributed by atoms with Crippen molar-refractivity contribution in [1.29, 1.82) is 0 Å². The number of hydrogen-bond acceptors (Lipinski definition) is 2. The monoisotopic (exact) mass is 453 g/mol. The highest BCUT2D eigenvalue weighted by Gasteiger charge is 2.17. The number of aromatic nitrogens is 1. The van der Waals surface area contributed by atoms with Crippen LogP contribution >= 0.6 is 15.9 Å². The van der Waals surface area contributed by atoms with Gasteiger partial charge in [-0.1, -0.05) is 46.3 Å². The minimum absolute atomic E-state index is 0.0866. The third-order valence-electron chi connectivity index (χ3n) is 4.87. The predicted octanol–water partition coefficient (Wildman–Crippen LogP) is 4.59. The number of anilines is 1. The number of rotatable bonds is 6. The number of nitrogens with zero attached hydrogens (tertiary/aromatic N) is 1. The van der Waals surface area contributed by atoms with E-state index in [1.165, 1.54) is 5.56 Å². The van der Waals surface area contributed by atoms with Gasteiger partial charge in [0.15, 0.2) is 0 Å². The van der Waals surface area contributed by atoms with Crippen molar-refractivity contribution in [2.24, 2.45) is 0 Å².